The van der Waals surface area contributed by atoms with Crippen LogP contribution in [-0.2, 0) is 9.59 Å². The maximum absolute atomic E-state index is 12.2. The molecule has 0 spiro atoms. The highest BCUT2D eigenvalue weighted by molar-refractivity contribution is 8.00. The first-order chi connectivity index (χ1) is 7.95. The van der Waals surface area contributed by atoms with Crippen molar-refractivity contribution in [2.75, 3.05) is 12.8 Å². The second-order valence-corrected chi connectivity index (χ2v) is 6.14. The standard InChI is InChI=1S/C12H21NO3S/c1-8(2)10(12(15)16)13(3)11(14)9-6-4-5-7-17-9/h8-10H,4-7H2,1-3H3,(H,15,16). The van der Waals surface area contributed by atoms with Crippen LogP contribution in [0.15, 0.2) is 0 Å². The number of thioether (sulfide) groups is 1. The lowest BCUT2D eigenvalue weighted by atomic mass is 10.0. The highest BCUT2D eigenvalue weighted by Gasteiger charge is 2.33. The Kier molecular flexibility index (Phi) is 5.31. The van der Waals surface area contributed by atoms with E-state index < -0.39 is 12.0 Å². The van der Waals surface area contributed by atoms with E-state index in [1.165, 1.54) is 4.90 Å². The van der Waals surface area contributed by atoms with E-state index in [4.69, 9.17) is 5.11 Å². The number of carboxylic acid groups (broad SMARTS) is 1. The number of likely N-dealkylation sites (N-methyl/N-ethyl adjacent to an activating group) is 1. The van der Waals surface area contributed by atoms with Gasteiger partial charge < -0.3 is 10.0 Å². The first kappa shape index (κ1) is 14.4. The number of hydrogen-bond donors (Lipinski definition) is 1. The summed E-state index contributed by atoms with van der Waals surface area (Å²) in [4.78, 5) is 24.8. The maximum Gasteiger partial charge on any atom is 0.326 e. The molecule has 0 aromatic heterocycles. The van der Waals surface area contributed by atoms with Crippen LogP contribution in [0.5, 0.6) is 0 Å². The monoisotopic (exact) mass is 259 g/mol. The van der Waals surface area contributed by atoms with E-state index >= 15 is 0 Å². The van der Waals surface area contributed by atoms with Crippen molar-refractivity contribution < 1.29 is 14.7 Å². The van der Waals surface area contributed by atoms with E-state index in [2.05, 4.69) is 0 Å². The maximum atomic E-state index is 12.2. The van der Waals surface area contributed by atoms with Crippen LogP contribution in [0.1, 0.15) is 33.1 Å². The summed E-state index contributed by atoms with van der Waals surface area (Å²) in [7, 11) is 1.61. The Morgan fingerprint density at radius 1 is 1.35 bits per heavy atom. The second kappa shape index (κ2) is 6.28. The van der Waals surface area contributed by atoms with E-state index in [-0.39, 0.29) is 17.1 Å². The molecule has 17 heavy (non-hydrogen) atoms. The fraction of sp³-hybridized carbons (Fsp3) is 0.833. The van der Waals surface area contributed by atoms with Crippen LogP contribution in [0.2, 0.25) is 0 Å². The van der Waals surface area contributed by atoms with Gasteiger partial charge in [-0.05, 0) is 24.5 Å². The molecular weight excluding hydrogens is 238 g/mol. The molecule has 4 nitrogen and oxygen atoms in total. The summed E-state index contributed by atoms with van der Waals surface area (Å²) in [5, 5.41) is 9.11. The number of hydrogen-bond acceptors (Lipinski definition) is 3. The smallest absolute Gasteiger partial charge is 0.326 e. The van der Waals surface area contributed by atoms with Crippen LogP contribution >= 0.6 is 11.8 Å². The summed E-state index contributed by atoms with van der Waals surface area (Å²) in [5.74, 6) is -0.0218. The van der Waals surface area contributed by atoms with Crippen molar-refractivity contribution in [1.82, 2.24) is 4.90 Å². The summed E-state index contributed by atoms with van der Waals surface area (Å²) < 4.78 is 0. The zero-order valence-electron chi connectivity index (χ0n) is 10.7. The Bertz CT molecular complexity index is 287. The molecule has 1 amide bonds. The van der Waals surface area contributed by atoms with Crippen LogP contribution in [0.25, 0.3) is 0 Å². The highest BCUT2D eigenvalue weighted by Crippen LogP contribution is 2.27. The topological polar surface area (TPSA) is 57.6 Å². The van der Waals surface area contributed by atoms with Gasteiger partial charge in [0, 0.05) is 7.05 Å². The van der Waals surface area contributed by atoms with Gasteiger partial charge in [-0.2, -0.15) is 0 Å². The number of rotatable bonds is 4. The van der Waals surface area contributed by atoms with Crippen LogP contribution in [0, 0.1) is 5.92 Å². The molecule has 1 rings (SSSR count). The van der Waals surface area contributed by atoms with Crippen molar-refractivity contribution in [2.45, 2.75) is 44.4 Å². The minimum Gasteiger partial charge on any atom is -0.480 e. The predicted molar refractivity (Wildman–Crippen MR) is 69.1 cm³/mol. The van der Waals surface area contributed by atoms with Gasteiger partial charge in [-0.1, -0.05) is 20.3 Å². The van der Waals surface area contributed by atoms with Crippen molar-refractivity contribution in [1.29, 1.82) is 0 Å². The van der Waals surface area contributed by atoms with Gasteiger partial charge in [-0.25, -0.2) is 4.79 Å². The van der Waals surface area contributed by atoms with Gasteiger partial charge in [0.1, 0.15) is 6.04 Å². The third-order valence-corrected chi connectivity index (χ3v) is 4.47. The molecule has 0 bridgehead atoms. The number of carbonyl (C=O) groups is 2. The van der Waals surface area contributed by atoms with Crippen molar-refractivity contribution in [3.05, 3.63) is 0 Å². The van der Waals surface area contributed by atoms with Gasteiger partial charge in [0.15, 0.2) is 0 Å². The summed E-state index contributed by atoms with van der Waals surface area (Å²) in [5.41, 5.74) is 0. The van der Waals surface area contributed by atoms with Crippen molar-refractivity contribution in [2.24, 2.45) is 5.92 Å². The van der Waals surface area contributed by atoms with Gasteiger partial charge in [0.05, 0.1) is 5.25 Å². The minimum absolute atomic E-state index is 0.0317. The van der Waals surface area contributed by atoms with E-state index in [0.29, 0.717) is 0 Å². The summed E-state index contributed by atoms with van der Waals surface area (Å²) in [6, 6.07) is -0.718. The van der Waals surface area contributed by atoms with E-state index in [0.717, 1.165) is 25.0 Å². The molecule has 1 fully saturated rings. The first-order valence-corrected chi connectivity index (χ1v) is 7.11. The Morgan fingerprint density at radius 3 is 2.41 bits per heavy atom. The third kappa shape index (κ3) is 3.63. The largest absolute Gasteiger partial charge is 0.480 e. The number of nitrogens with zero attached hydrogens (tertiary/aromatic N) is 1. The number of amides is 1. The number of carbonyl (C=O) groups excluding carboxylic acids is 1. The minimum atomic E-state index is -0.920. The number of aliphatic carboxylic acids is 1. The van der Waals surface area contributed by atoms with Gasteiger partial charge >= 0.3 is 5.97 Å². The van der Waals surface area contributed by atoms with Gasteiger partial charge in [-0.15, -0.1) is 11.8 Å². The fourth-order valence-corrected chi connectivity index (χ4v) is 3.50. The molecule has 1 heterocycles. The lowest BCUT2D eigenvalue weighted by Gasteiger charge is -2.32. The molecule has 0 saturated carbocycles. The lowest BCUT2D eigenvalue weighted by Crippen LogP contribution is -2.49. The predicted octanol–water partition coefficient (Wildman–Crippen LogP) is 1.84. The van der Waals surface area contributed by atoms with E-state index in [1.807, 2.05) is 13.8 Å². The Balaban J connectivity index is 2.68. The quantitative estimate of drug-likeness (QED) is 0.837. The molecule has 98 valence electrons. The van der Waals surface area contributed by atoms with Crippen molar-refractivity contribution in [3.63, 3.8) is 0 Å². The SMILES string of the molecule is CC(C)C(C(=O)O)N(C)C(=O)C1CCCCS1. The van der Waals surface area contributed by atoms with Crippen LogP contribution in [-0.4, -0.2) is 46.0 Å². The molecule has 1 N–H and O–H groups in total. The first-order valence-electron chi connectivity index (χ1n) is 6.06. The molecule has 5 heteroatoms. The average molecular weight is 259 g/mol. The van der Waals surface area contributed by atoms with Crippen molar-refractivity contribution >= 4 is 23.6 Å². The highest BCUT2D eigenvalue weighted by atomic mass is 32.2. The zero-order chi connectivity index (χ0) is 13.0. The molecule has 0 radical (unpaired) electrons. The fourth-order valence-electron chi connectivity index (χ4n) is 2.20. The summed E-state index contributed by atoms with van der Waals surface area (Å²) >= 11 is 1.66. The Labute approximate surface area is 107 Å². The Morgan fingerprint density at radius 2 is 2.00 bits per heavy atom. The Hall–Kier alpha value is -0.710. The molecule has 1 aliphatic heterocycles. The van der Waals surface area contributed by atoms with Gasteiger partial charge in [0.25, 0.3) is 0 Å². The molecule has 0 aromatic rings. The summed E-state index contributed by atoms with van der Waals surface area (Å²) in [6.07, 6.45) is 3.10. The molecule has 0 aromatic carbocycles. The number of carboxylic acids is 1. The van der Waals surface area contributed by atoms with E-state index in [1.54, 1.807) is 18.8 Å². The second-order valence-electron chi connectivity index (χ2n) is 4.83. The zero-order valence-corrected chi connectivity index (χ0v) is 11.5. The lowest BCUT2D eigenvalue weighted by molar-refractivity contribution is -0.150. The van der Waals surface area contributed by atoms with E-state index in [9.17, 15) is 9.59 Å². The van der Waals surface area contributed by atoms with Crippen molar-refractivity contribution in [3.8, 4) is 0 Å². The average Bonchev–Trinajstić information content (AvgIpc) is 2.28. The van der Waals surface area contributed by atoms with Gasteiger partial charge in [-0.3, -0.25) is 4.79 Å². The van der Waals surface area contributed by atoms with Gasteiger partial charge in [0.2, 0.25) is 5.91 Å². The molecule has 0 aliphatic carbocycles. The summed E-state index contributed by atoms with van der Waals surface area (Å²) in [6.45, 7) is 3.66. The van der Waals surface area contributed by atoms with Crippen LogP contribution in [0.4, 0.5) is 0 Å². The van der Waals surface area contributed by atoms with Crippen LogP contribution < -0.4 is 0 Å². The molecule has 1 aliphatic rings. The molecule has 1 saturated heterocycles. The third-order valence-electron chi connectivity index (χ3n) is 3.10. The molecular formula is C12H21NO3S. The molecule has 2 atom stereocenters. The normalized spacial score (nSPS) is 22.2. The van der Waals surface area contributed by atoms with Crippen LogP contribution in [0.3, 0.4) is 0 Å². The molecule has 2 unspecified atom stereocenters.